The molecule has 6 rings (SSSR count). The monoisotopic (exact) mass is 414 g/mol. The van der Waals surface area contributed by atoms with Crippen LogP contribution in [0.4, 0.5) is 0 Å². The third-order valence-corrected chi connectivity index (χ3v) is 10.2. The molecule has 2 bridgehead atoms. The van der Waals surface area contributed by atoms with E-state index in [4.69, 9.17) is 9.78 Å². The molecule has 3 nitrogen and oxygen atoms in total. The number of aliphatic hydroxyl groups excluding tert-OH is 1. The molecule has 2 spiro atoms. The van der Waals surface area contributed by atoms with Crippen LogP contribution in [0.25, 0.3) is 0 Å². The quantitative estimate of drug-likeness (QED) is 0.419. The number of rotatable bonds is 5. The minimum atomic E-state index is -0.492. The number of hydrogen-bond acceptors (Lipinski definition) is 3. The van der Waals surface area contributed by atoms with E-state index in [0.29, 0.717) is 12.3 Å². The Labute approximate surface area is 183 Å². The second-order valence-corrected chi connectivity index (χ2v) is 12.3. The predicted molar refractivity (Wildman–Crippen MR) is 120 cm³/mol. The van der Waals surface area contributed by atoms with Gasteiger partial charge in [-0.2, -0.15) is 0 Å². The summed E-state index contributed by atoms with van der Waals surface area (Å²) in [6, 6.07) is 0. The molecule has 8 atom stereocenters. The average Bonchev–Trinajstić information content (AvgIpc) is 3.05. The standard InChI is InChI=1S/C27H42O3/c1-18(2)7-6-8-19(3)21-9-10-22-24(21,4)13-12-23-25(5)14-11-20(28)17-26(25)15-16-27(22,23)30-29-26/h12,15-16,18-22,28H,6-11,13-14,17H2,1-5H3/t19-,20+,21-,22+,24-,25-,26-,27+/m1/s1. The third kappa shape index (κ3) is 2.67. The summed E-state index contributed by atoms with van der Waals surface area (Å²) in [6.45, 7) is 12.1. The van der Waals surface area contributed by atoms with Gasteiger partial charge in [-0.3, -0.25) is 0 Å². The second-order valence-electron chi connectivity index (χ2n) is 12.3. The maximum atomic E-state index is 10.4. The minimum absolute atomic E-state index is 0.0540. The third-order valence-electron chi connectivity index (χ3n) is 10.2. The molecule has 0 aromatic carbocycles. The van der Waals surface area contributed by atoms with Crippen molar-refractivity contribution in [3.8, 4) is 0 Å². The molecular weight excluding hydrogens is 372 g/mol. The zero-order chi connectivity index (χ0) is 21.4. The van der Waals surface area contributed by atoms with Crippen LogP contribution in [0.2, 0.25) is 0 Å². The maximum absolute atomic E-state index is 10.4. The van der Waals surface area contributed by atoms with Crippen molar-refractivity contribution in [2.24, 2.45) is 34.5 Å². The Bertz CT molecular complexity index is 755. The molecule has 0 amide bonds. The molecule has 1 saturated heterocycles. The highest BCUT2D eigenvalue weighted by Crippen LogP contribution is 2.71. The molecule has 4 aliphatic carbocycles. The van der Waals surface area contributed by atoms with Gasteiger partial charge in [0.1, 0.15) is 11.2 Å². The van der Waals surface area contributed by atoms with Crippen LogP contribution in [0, 0.1) is 34.5 Å². The van der Waals surface area contributed by atoms with Crippen LogP contribution >= 0.6 is 0 Å². The van der Waals surface area contributed by atoms with E-state index in [-0.39, 0.29) is 16.9 Å². The molecule has 3 fully saturated rings. The van der Waals surface area contributed by atoms with Crippen molar-refractivity contribution in [2.45, 2.75) is 110 Å². The molecule has 0 radical (unpaired) electrons. The molecule has 6 aliphatic rings. The molecule has 3 heteroatoms. The van der Waals surface area contributed by atoms with Gasteiger partial charge in [-0.1, -0.05) is 60.0 Å². The molecular formula is C27H42O3. The van der Waals surface area contributed by atoms with E-state index >= 15 is 0 Å². The van der Waals surface area contributed by atoms with Gasteiger partial charge in [-0.05, 0) is 73.0 Å². The average molecular weight is 415 g/mol. The summed E-state index contributed by atoms with van der Waals surface area (Å²) < 4.78 is 0. The van der Waals surface area contributed by atoms with Crippen LogP contribution < -0.4 is 0 Å². The maximum Gasteiger partial charge on any atom is 0.147 e. The lowest BCUT2D eigenvalue weighted by Crippen LogP contribution is -2.69. The molecule has 2 aliphatic heterocycles. The Morgan fingerprint density at radius 2 is 1.87 bits per heavy atom. The summed E-state index contributed by atoms with van der Waals surface area (Å²) in [6.07, 6.45) is 17.1. The minimum Gasteiger partial charge on any atom is -0.393 e. The van der Waals surface area contributed by atoms with E-state index in [2.05, 4.69) is 52.8 Å². The fourth-order valence-electron chi connectivity index (χ4n) is 8.42. The summed E-state index contributed by atoms with van der Waals surface area (Å²) in [4.78, 5) is 12.7. The topological polar surface area (TPSA) is 38.7 Å². The molecule has 0 aromatic rings. The highest BCUT2D eigenvalue weighted by Gasteiger charge is 2.71. The first-order valence-corrected chi connectivity index (χ1v) is 12.6. The highest BCUT2D eigenvalue weighted by atomic mass is 17.2. The van der Waals surface area contributed by atoms with Crippen LogP contribution in [0.5, 0.6) is 0 Å². The van der Waals surface area contributed by atoms with Crippen molar-refractivity contribution >= 4 is 0 Å². The van der Waals surface area contributed by atoms with Gasteiger partial charge in [0.25, 0.3) is 0 Å². The van der Waals surface area contributed by atoms with Crippen LogP contribution in [0.3, 0.4) is 0 Å². The van der Waals surface area contributed by atoms with Gasteiger partial charge < -0.3 is 5.11 Å². The van der Waals surface area contributed by atoms with Gasteiger partial charge in [-0.15, -0.1) is 0 Å². The van der Waals surface area contributed by atoms with Crippen LogP contribution in [-0.2, 0) is 9.78 Å². The summed E-state index contributed by atoms with van der Waals surface area (Å²) >= 11 is 0. The molecule has 2 saturated carbocycles. The fraction of sp³-hybridized carbons (Fsp3) is 0.852. The van der Waals surface area contributed by atoms with E-state index in [9.17, 15) is 5.11 Å². The molecule has 1 N–H and O–H groups in total. The van der Waals surface area contributed by atoms with Crippen molar-refractivity contribution < 1.29 is 14.9 Å². The molecule has 0 aromatic heterocycles. The molecule has 168 valence electrons. The largest absolute Gasteiger partial charge is 0.393 e. The van der Waals surface area contributed by atoms with E-state index < -0.39 is 11.2 Å². The first-order chi connectivity index (χ1) is 14.2. The SMILES string of the molecule is CC(C)CCC[C@@H](C)[C@H]1CC[C@H]2[C@]1(C)CC=C1[C@]23C=C[C@]2(C[C@@H](O)CC[C@]12C)OO3. The lowest BCUT2D eigenvalue weighted by atomic mass is 9.46. The predicted octanol–water partition coefficient (Wildman–Crippen LogP) is 6.37. The zero-order valence-corrected chi connectivity index (χ0v) is 19.7. The van der Waals surface area contributed by atoms with Gasteiger partial charge >= 0.3 is 0 Å². The first kappa shape index (κ1) is 21.2. The van der Waals surface area contributed by atoms with Gasteiger partial charge in [0.15, 0.2) is 0 Å². The Morgan fingerprint density at radius 3 is 2.57 bits per heavy atom. The van der Waals surface area contributed by atoms with Crippen molar-refractivity contribution in [2.75, 3.05) is 0 Å². The van der Waals surface area contributed by atoms with Crippen LogP contribution in [0.15, 0.2) is 23.8 Å². The van der Waals surface area contributed by atoms with Crippen molar-refractivity contribution in [1.29, 1.82) is 0 Å². The van der Waals surface area contributed by atoms with Crippen molar-refractivity contribution in [3.63, 3.8) is 0 Å². The summed E-state index contributed by atoms with van der Waals surface area (Å²) in [5, 5.41) is 10.4. The smallest absolute Gasteiger partial charge is 0.147 e. The number of fused-ring (bicyclic) bond motifs is 2. The Morgan fingerprint density at radius 1 is 1.07 bits per heavy atom. The molecule has 2 heterocycles. The van der Waals surface area contributed by atoms with Crippen molar-refractivity contribution in [3.05, 3.63) is 23.8 Å². The summed E-state index contributed by atoms with van der Waals surface area (Å²) in [7, 11) is 0. The summed E-state index contributed by atoms with van der Waals surface area (Å²) in [5.41, 5.74) is 0.802. The number of allylic oxidation sites excluding steroid dienone is 1. The molecule has 0 unspecified atom stereocenters. The second kappa shape index (κ2) is 6.93. The van der Waals surface area contributed by atoms with Gasteiger partial charge in [-0.25, -0.2) is 9.78 Å². The molecule has 30 heavy (non-hydrogen) atoms. The fourth-order valence-corrected chi connectivity index (χ4v) is 8.42. The lowest BCUT2D eigenvalue weighted by Gasteiger charge is -2.66. The summed E-state index contributed by atoms with van der Waals surface area (Å²) in [5.74, 6) is 2.81. The number of hydrogen-bond donors (Lipinski definition) is 1. The lowest BCUT2D eigenvalue weighted by molar-refractivity contribution is -0.455. The van der Waals surface area contributed by atoms with Crippen LogP contribution in [-0.4, -0.2) is 22.4 Å². The normalized spacial score (nSPS) is 50.1. The van der Waals surface area contributed by atoms with Gasteiger partial charge in [0.2, 0.25) is 0 Å². The zero-order valence-electron chi connectivity index (χ0n) is 19.7. The van der Waals surface area contributed by atoms with E-state index in [0.717, 1.165) is 30.6 Å². The Balaban J connectivity index is 1.45. The van der Waals surface area contributed by atoms with Gasteiger partial charge in [0, 0.05) is 17.8 Å². The Hall–Kier alpha value is -0.640. The van der Waals surface area contributed by atoms with Gasteiger partial charge in [0.05, 0.1) is 6.10 Å². The highest BCUT2D eigenvalue weighted by molar-refractivity contribution is 5.48. The van der Waals surface area contributed by atoms with E-state index in [1.165, 1.54) is 44.1 Å². The van der Waals surface area contributed by atoms with E-state index in [1.807, 2.05) is 0 Å². The first-order valence-electron chi connectivity index (χ1n) is 12.6. The Kier molecular flexibility index (Phi) is 4.90. The number of aliphatic hydroxyl groups is 1. The van der Waals surface area contributed by atoms with Crippen molar-refractivity contribution in [1.82, 2.24) is 0 Å². The van der Waals surface area contributed by atoms with Crippen LogP contribution in [0.1, 0.15) is 92.4 Å². The van der Waals surface area contributed by atoms with E-state index in [1.54, 1.807) is 0 Å².